The third kappa shape index (κ3) is 1.83. The lowest BCUT2D eigenvalue weighted by atomic mass is 9.92. The summed E-state index contributed by atoms with van der Waals surface area (Å²) in [4.78, 5) is 12.3. The van der Waals surface area contributed by atoms with Gasteiger partial charge in [0, 0.05) is 12.1 Å². The van der Waals surface area contributed by atoms with Crippen molar-refractivity contribution >= 4 is 38.2 Å². The van der Waals surface area contributed by atoms with Crippen LogP contribution >= 0.6 is 0 Å². The quantitative estimate of drug-likeness (QED) is 0.568. The highest BCUT2D eigenvalue weighted by atomic mass is 16.3. The number of rotatable bonds is 3. The van der Waals surface area contributed by atoms with Crippen molar-refractivity contribution in [2.75, 3.05) is 13.2 Å². The van der Waals surface area contributed by atoms with Crippen LogP contribution < -0.4 is 5.32 Å². The molecule has 0 aliphatic carbocycles. The summed E-state index contributed by atoms with van der Waals surface area (Å²) >= 11 is 0. The van der Waals surface area contributed by atoms with Crippen LogP contribution in [0.4, 0.5) is 0 Å². The van der Waals surface area contributed by atoms with Gasteiger partial charge in [-0.25, -0.2) is 0 Å². The highest BCUT2D eigenvalue weighted by molar-refractivity contribution is 6.26. The first-order valence-electron chi connectivity index (χ1n) is 7.35. The maximum atomic E-state index is 12.3. The van der Waals surface area contributed by atoms with Crippen molar-refractivity contribution in [1.29, 1.82) is 0 Å². The van der Waals surface area contributed by atoms with Crippen LogP contribution in [0.5, 0.6) is 0 Å². The van der Waals surface area contributed by atoms with Crippen molar-refractivity contribution in [2.45, 2.75) is 0 Å². The topological polar surface area (TPSA) is 49.3 Å². The van der Waals surface area contributed by atoms with Crippen molar-refractivity contribution < 1.29 is 9.90 Å². The predicted molar refractivity (Wildman–Crippen MR) is 89.6 cm³/mol. The van der Waals surface area contributed by atoms with Crippen molar-refractivity contribution in [3.05, 3.63) is 60.2 Å². The van der Waals surface area contributed by atoms with Gasteiger partial charge in [-0.2, -0.15) is 0 Å². The van der Waals surface area contributed by atoms with Crippen LogP contribution in [0.3, 0.4) is 0 Å². The Labute approximate surface area is 127 Å². The lowest BCUT2D eigenvalue weighted by Crippen LogP contribution is -2.26. The zero-order valence-electron chi connectivity index (χ0n) is 12.0. The normalized spacial score (nSPS) is 11.5. The lowest BCUT2D eigenvalue weighted by Gasteiger charge is -2.13. The second kappa shape index (κ2) is 4.97. The highest BCUT2D eigenvalue weighted by Gasteiger charge is 2.14. The third-order valence-corrected chi connectivity index (χ3v) is 4.17. The van der Waals surface area contributed by atoms with Crippen LogP contribution in [0.15, 0.2) is 54.6 Å². The van der Waals surface area contributed by atoms with E-state index in [1.165, 1.54) is 16.2 Å². The van der Waals surface area contributed by atoms with Gasteiger partial charge in [-0.1, -0.05) is 48.5 Å². The molecule has 0 bridgehead atoms. The van der Waals surface area contributed by atoms with Crippen LogP contribution in [0, 0.1) is 0 Å². The Morgan fingerprint density at radius 3 is 2.23 bits per heavy atom. The van der Waals surface area contributed by atoms with Crippen LogP contribution in [0.25, 0.3) is 32.3 Å². The standard InChI is InChI=1S/C19H15NO2/c21-11-10-20-19(22)16-9-7-14-5-4-12-2-1-3-13-6-8-15(16)18(14)17(12)13/h1-9,21H,10-11H2,(H,20,22). The predicted octanol–water partition coefficient (Wildman–Crippen LogP) is 3.31. The number of hydrogen-bond donors (Lipinski definition) is 2. The molecule has 0 atom stereocenters. The number of nitrogens with one attached hydrogen (secondary N) is 1. The van der Waals surface area contributed by atoms with Crippen LogP contribution in [0.2, 0.25) is 0 Å². The molecule has 0 radical (unpaired) electrons. The fraction of sp³-hybridized carbons (Fsp3) is 0.105. The molecule has 108 valence electrons. The SMILES string of the molecule is O=C(NCCO)c1ccc2ccc3cccc4ccc1c2c34. The molecule has 0 unspecified atom stereocenters. The molecule has 1 amide bonds. The number of carbonyl (C=O) groups excluding carboxylic acids is 1. The lowest BCUT2D eigenvalue weighted by molar-refractivity contribution is 0.0946. The summed E-state index contributed by atoms with van der Waals surface area (Å²) in [5.41, 5.74) is 0.652. The van der Waals surface area contributed by atoms with Crippen LogP contribution in [0.1, 0.15) is 10.4 Å². The summed E-state index contributed by atoms with van der Waals surface area (Å²) in [6.45, 7) is 0.207. The monoisotopic (exact) mass is 289 g/mol. The summed E-state index contributed by atoms with van der Waals surface area (Å²) < 4.78 is 0. The van der Waals surface area contributed by atoms with Gasteiger partial charge < -0.3 is 10.4 Å². The summed E-state index contributed by atoms with van der Waals surface area (Å²) in [5, 5.41) is 18.4. The largest absolute Gasteiger partial charge is 0.395 e. The minimum absolute atomic E-state index is 0.0580. The smallest absolute Gasteiger partial charge is 0.251 e. The van der Waals surface area contributed by atoms with E-state index in [4.69, 9.17) is 5.11 Å². The van der Waals surface area contributed by atoms with E-state index in [1.54, 1.807) is 0 Å². The molecule has 0 heterocycles. The van der Waals surface area contributed by atoms with E-state index in [1.807, 2.05) is 18.2 Å². The molecule has 0 aliphatic heterocycles. The Morgan fingerprint density at radius 2 is 1.50 bits per heavy atom. The van der Waals surface area contributed by atoms with Gasteiger partial charge in [-0.3, -0.25) is 4.79 Å². The van der Waals surface area contributed by atoms with E-state index in [0.717, 1.165) is 16.2 Å². The first-order valence-corrected chi connectivity index (χ1v) is 7.35. The number of aliphatic hydroxyl groups excluding tert-OH is 1. The zero-order valence-corrected chi connectivity index (χ0v) is 12.0. The first-order chi connectivity index (χ1) is 10.8. The van der Waals surface area contributed by atoms with Gasteiger partial charge in [-0.05, 0) is 38.4 Å². The Hall–Kier alpha value is -2.65. The van der Waals surface area contributed by atoms with Crippen LogP contribution in [-0.4, -0.2) is 24.2 Å². The van der Waals surface area contributed by atoms with Gasteiger partial charge in [0.2, 0.25) is 0 Å². The van der Waals surface area contributed by atoms with Gasteiger partial charge >= 0.3 is 0 Å². The maximum absolute atomic E-state index is 12.3. The molecule has 3 nitrogen and oxygen atoms in total. The van der Waals surface area contributed by atoms with Gasteiger partial charge in [0.25, 0.3) is 5.91 Å². The maximum Gasteiger partial charge on any atom is 0.251 e. The van der Waals surface area contributed by atoms with Crippen molar-refractivity contribution in [3.63, 3.8) is 0 Å². The number of amides is 1. The Morgan fingerprint density at radius 1 is 0.864 bits per heavy atom. The fourth-order valence-electron chi connectivity index (χ4n) is 3.20. The van der Waals surface area contributed by atoms with E-state index in [-0.39, 0.29) is 19.1 Å². The molecule has 3 heteroatoms. The van der Waals surface area contributed by atoms with E-state index < -0.39 is 0 Å². The van der Waals surface area contributed by atoms with Crippen molar-refractivity contribution in [3.8, 4) is 0 Å². The zero-order chi connectivity index (χ0) is 15.1. The molecule has 4 rings (SSSR count). The molecular formula is C19H15NO2. The van der Waals surface area contributed by atoms with Gasteiger partial charge in [0.1, 0.15) is 0 Å². The second-order valence-corrected chi connectivity index (χ2v) is 5.45. The van der Waals surface area contributed by atoms with E-state index in [9.17, 15) is 4.79 Å². The second-order valence-electron chi connectivity index (χ2n) is 5.45. The van der Waals surface area contributed by atoms with Gasteiger partial charge in [0.05, 0.1) is 6.61 Å². The summed E-state index contributed by atoms with van der Waals surface area (Å²) in [6.07, 6.45) is 0. The average molecular weight is 289 g/mol. The van der Waals surface area contributed by atoms with Gasteiger partial charge in [0.15, 0.2) is 0 Å². The molecule has 0 spiro atoms. The molecule has 0 saturated heterocycles. The molecule has 22 heavy (non-hydrogen) atoms. The van der Waals surface area contributed by atoms with E-state index in [0.29, 0.717) is 5.56 Å². The average Bonchev–Trinajstić information content (AvgIpc) is 2.57. The van der Waals surface area contributed by atoms with Crippen molar-refractivity contribution in [1.82, 2.24) is 5.32 Å². The number of carbonyl (C=O) groups is 1. The molecular weight excluding hydrogens is 274 g/mol. The first kappa shape index (κ1) is 13.0. The van der Waals surface area contributed by atoms with Crippen LogP contribution in [-0.2, 0) is 0 Å². The summed E-state index contributed by atoms with van der Waals surface area (Å²) in [7, 11) is 0. The third-order valence-electron chi connectivity index (χ3n) is 4.17. The minimum Gasteiger partial charge on any atom is -0.395 e. The molecule has 4 aromatic rings. The van der Waals surface area contributed by atoms with Crippen molar-refractivity contribution in [2.24, 2.45) is 0 Å². The Bertz CT molecular complexity index is 975. The molecule has 4 aromatic carbocycles. The summed E-state index contributed by atoms with van der Waals surface area (Å²) in [5.74, 6) is -0.146. The minimum atomic E-state index is -0.146. The molecule has 0 aliphatic rings. The highest BCUT2D eigenvalue weighted by Crippen LogP contribution is 2.35. The molecule has 2 N–H and O–H groups in total. The fourth-order valence-corrected chi connectivity index (χ4v) is 3.20. The number of benzene rings is 4. The Balaban J connectivity index is 2.06. The number of aliphatic hydroxyl groups is 1. The number of hydrogen-bond acceptors (Lipinski definition) is 2. The van der Waals surface area contributed by atoms with E-state index >= 15 is 0 Å². The van der Waals surface area contributed by atoms with E-state index in [2.05, 4.69) is 41.7 Å². The Kier molecular flexibility index (Phi) is 2.94. The molecule has 0 aromatic heterocycles. The summed E-state index contributed by atoms with van der Waals surface area (Å²) in [6, 6.07) is 18.4. The van der Waals surface area contributed by atoms with Gasteiger partial charge in [-0.15, -0.1) is 0 Å². The molecule has 0 saturated carbocycles. The molecule has 0 fully saturated rings.